The highest BCUT2D eigenvalue weighted by molar-refractivity contribution is 6.29. The van der Waals surface area contributed by atoms with Gasteiger partial charge >= 0.3 is 5.97 Å². The zero-order valence-electron chi connectivity index (χ0n) is 14.4. The number of pyridine rings is 1. The molecule has 3 N–H and O–H groups in total. The lowest BCUT2D eigenvalue weighted by Gasteiger charge is -2.14. The van der Waals surface area contributed by atoms with Crippen LogP contribution in [0.2, 0.25) is 5.15 Å². The summed E-state index contributed by atoms with van der Waals surface area (Å²) in [4.78, 5) is 26.8. The summed E-state index contributed by atoms with van der Waals surface area (Å²) in [5.74, 6) is -1.08. The maximum atomic E-state index is 11.9. The number of carboxylic acids is 1. The van der Waals surface area contributed by atoms with E-state index in [4.69, 9.17) is 21.4 Å². The number of methoxy groups -OCH3 is 1. The number of carbonyl (C=O) groups is 2. The van der Waals surface area contributed by atoms with Crippen molar-refractivity contribution in [3.63, 3.8) is 0 Å². The number of halogens is 1. The van der Waals surface area contributed by atoms with E-state index in [1.807, 2.05) is 13.8 Å². The highest BCUT2D eigenvalue weighted by Gasteiger charge is 2.14. The van der Waals surface area contributed by atoms with Gasteiger partial charge in [-0.3, -0.25) is 4.79 Å². The number of benzene rings is 1. The molecule has 2 aromatic rings. The summed E-state index contributed by atoms with van der Waals surface area (Å²) in [6.45, 7) is 4.00. The van der Waals surface area contributed by atoms with Gasteiger partial charge in [0.2, 0.25) is 0 Å². The summed E-state index contributed by atoms with van der Waals surface area (Å²) in [6.07, 6.45) is 1.35. The van der Waals surface area contributed by atoms with Gasteiger partial charge in [0.25, 0.3) is 5.91 Å². The van der Waals surface area contributed by atoms with Crippen molar-refractivity contribution in [2.45, 2.75) is 13.8 Å². The molecule has 0 fully saturated rings. The van der Waals surface area contributed by atoms with Crippen LogP contribution in [0.25, 0.3) is 0 Å². The van der Waals surface area contributed by atoms with Crippen molar-refractivity contribution < 1.29 is 19.4 Å². The number of aromatic carboxylic acids is 1. The fourth-order valence-electron chi connectivity index (χ4n) is 1.92. The molecular formula is C17H20ClN3O4. The van der Waals surface area contributed by atoms with Gasteiger partial charge in [0.05, 0.1) is 29.6 Å². The van der Waals surface area contributed by atoms with Gasteiger partial charge in [0.1, 0.15) is 10.9 Å². The van der Waals surface area contributed by atoms with Gasteiger partial charge < -0.3 is 20.5 Å². The number of nitrogens with zero attached hydrogens (tertiary/aromatic N) is 1. The van der Waals surface area contributed by atoms with Crippen molar-refractivity contribution in [3.05, 3.63) is 46.7 Å². The summed E-state index contributed by atoms with van der Waals surface area (Å²) < 4.78 is 5.19. The highest BCUT2D eigenvalue weighted by Crippen LogP contribution is 2.31. The molecule has 0 aliphatic rings. The van der Waals surface area contributed by atoms with E-state index in [0.717, 1.165) is 0 Å². The quantitative estimate of drug-likeness (QED) is 0.700. The third-order valence-corrected chi connectivity index (χ3v) is 3.27. The number of carboxylic acid groups (broad SMARTS) is 1. The molecule has 134 valence electrons. The van der Waals surface area contributed by atoms with E-state index in [0.29, 0.717) is 22.7 Å². The molecule has 0 atom stereocenters. The summed E-state index contributed by atoms with van der Waals surface area (Å²) in [6, 6.07) is 5.85. The molecule has 0 unspecified atom stereocenters. The number of anilines is 2. The van der Waals surface area contributed by atoms with Crippen LogP contribution >= 0.6 is 11.6 Å². The van der Waals surface area contributed by atoms with E-state index in [-0.39, 0.29) is 16.6 Å². The normalized spacial score (nSPS) is 9.48. The minimum Gasteiger partial charge on any atom is -0.495 e. The number of hydrogen-bond acceptors (Lipinski definition) is 5. The van der Waals surface area contributed by atoms with Gasteiger partial charge in [-0.2, -0.15) is 0 Å². The van der Waals surface area contributed by atoms with Crippen LogP contribution in [0.15, 0.2) is 30.5 Å². The number of hydrogen-bond donors (Lipinski definition) is 3. The van der Waals surface area contributed by atoms with E-state index < -0.39 is 5.97 Å². The Morgan fingerprint density at radius 3 is 2.44 bits per heavy atom. The zero-order valence-corrected chi connectivity index (χ0v) is 15.1. The summed E-state index contributed by atoms with van der Waals surface area (Å²) >= 11 is 5.88. The second kappa shape index (κ2) is 9.48. The lowest BCUT2D eigenvalue weighted by Crippen LogP contribution is -2.19. The Kier molecular flexibility index (Phi) is 7.68. The van der Waals surface area contributed by atoms with E-state index in [1.165, 1.54) is 38.6 Å². The highest BCUT2D eigenvalue weighted by atomic mass is 35.5. The number of ether oxygens (including phenoxy) is 1. The van der Waals surface area contributed by atoms with E-state index in [1.54, 1.807) is 6.07 Å². The minimum atomic E-state index is -1.06. The average molecular weight is 366 g/mol. The molecular weight excluding hydrogens is 346 g/mol. The number of nitrogens with one attached hydrogen (secondary N) is 2. The molecule has 1 aromatic carbocycles. The first-order valence-corrected chi connectivity index (χ1v) is 7.90. The van der Waals surface area contributed by atoms with Gasteiger partial charge in [-0.15, -0.1) is 0 Å². The Morgan fingerprint density at radius 2 is 1.88 bits per heavy atom. The fourth-order valence-corrected chi connectivity index (χ4v) is 2.08. The van der Waals surface area contributed by atoms with Gasteiger partial charge in [-0.1, -0.05) is 25.4 Å². The first kappa shape index (κ1) is 20.2. The molecule has 0 saturated carbocycles. The number of carbonyl (C=O) groups excluding carboxylic acids is 1. The maximum Gasteiger partial charge on any atom is 0.335 e. The Hall–Kier alpha value is -2.80. The lowest BCUT2D eigenvalue weighted by atomic mass is 10.1. The second-order valence-electron chi connectivity index (χ2n) is 4.48. The van der Waals surface area contributed by atoms with Gasteiger partial charge in [0.15, 0.2) is 0 Å². The summed E-state index contributed by atoms with van der Waals surface area (Å²) in [5.41, 5.74) is 1.29. The minimum absolute atomic E-state index is 0.0895. The first-order valence-electron chi connectivity index (χ1n) is 7.52. The smallest absolute Gasteiger partial charge is 0.335 e. The van der Waals surface area contributed by atoms with E-state index in [2.05, 4.69) is 15.6 Å². The van der Waals surface area contributed by atoms with Crippen molar-refractivity contribution in [1.82, 2.24) is 10.3 Å². The molecule has 1 aromatic heterocycles. The topological polar surface area (TPSA) is 101 Å². The largest absolute Gasteiger partial charge is 0.495 e. The Morgan fingerprint density at radius 1 is 1.20 bits per heavy atom. The van der Waals surface area contributed by atoms with Crippen molar-refractivity contribution in [2.75, 3.05) is 19.5 Å². The third-order valence-electron chi connectivity index (χ3n) is 3.06. The van der Waals surface area contributed by atoms with Crippen LogP contribution in [0.3, 0.4) is 0 Å². The molecule has 1 amide bonds. The lowest BCUT2D eigenvalue weighted by molar-refractivity contribution is 0.0696. The number of aromatic nitrogens is 1. The molecule has 25 heavy (non-hydrogen) atoms. The van der Waals surface area contributed by atoms with E-state index in [9.17, 15) is 9.59 Å². The summed E-state index contributed by atoms with van der Waals surface area (Å²) in [7, 11) is 2.92. The van der Waals surface area contributed by atoms with Crippen molar-refractivity contribution in [1.29, 1.82) is 0 Å². The van der Waals surface area contributed by atoms with Gasteiger partial charge in [-0.25, -0.2) is 9.78 Å². The van der Waals surface area contributed by atoms with Crippen LogP contribution in [-0.4, -0.2) is 36.1 Å². The molecule has 8 heteroatoms. The first-order chi connectivity index (χ1) is 12.0. The Labute approximate surface area is 151 Å². The van der Waals surface area contributed by atoms with Crippen molar-refractivity contribution >= 4 is 34.9 Å². The molecule has 0 aliphatic carbocycles. The molecule has 1 heterocycles. The SMILES string of the molecule is CC.CNC(=O)c1cnc(Cl)cc1Nc1ccc(C(=O)O)cc1OC. The second-order valence-corrected chi connectivity index (χ2v) is 4.86. The molecule has 0 saturated heterocycles. The van der Waals surface area contributed by atoms with Crippen LogP contribution in [0.1, 0.15) is 34.6 Å². The standard InChI is InChI=1S/C15H14ClN3O4.C2H6/c1-17-14(20)9-7-18-13(16)6-11(9)19-10-4-3-8(15(21)22)5-12(10)23-2;1-2/h3-7H,1-2H3,(H,17,20)(H,18,19)(H,21,22);1-2H3. The molecule has 2 rings (SSSR count). The van der Waals surface area contributed by atoms with Crippen molar-refractivity contribution in [3.8, 4) is 5.75 Å². The fraction of sp³-hybridized carbons (Fsp3) is 0.235. The summed E-state index contributed by atoms with van der Waals surface area (Å²) in [5, 5.41) is 14.7. The van der Waals surface area contributed by atoms with Crippen LogP contribution in [0.5, 0.6) is 5.75 Å². The Bertz CT molecular complexity index is 766. The monoisotopic (exact) mass is 365 g/mol. The third kappa shape index (κ3) is 5.09. The predicted octanol–water partition coefficient (Wildman–Crippen LogP) is 3.57. The Balaban J connectivity index is 0.00000151. The molecule has 7 nitrogen and oxygen atoms in total. The zero-order chi connectivity index (χ0) is 19.0. The molecule has 0 spiro atoms. The number of amides is 1. The molecule has 0 bridgehead atoms. The predicted molar refractivity (Wildman–Crippen MR) is 97.2 cm³/mol. The van der Waals surface area contributed by atoms with Crippen LogP contribution in [0, 0.1) is 0 Å². The molecule has 0 radical (unpaired) electrons. The van der Waals surface area contributed by atoms with Gasteiger partial charge in [-0.05, 0) is 24.3 Å². The van der Waals surface area contributed by atoms with Crippen LogP contribution in [-0.2, 0) is 0 Å². The van der Waals surface area contributed by atoms with Crippen LogP contribution in [0.4, 0.5) is 11.4 Å². The van der Waals surface area contributed by atoms with Crippen molar-refractivity contribution in [2.24, 2.45) is 0 Å². The van der Waals surface area contributed by atoms with E-state index >= 15 is 0 Å². The number of rotatable bonds is 5. The average Bonchev–Trinajstić information content (AvgIpc) is 2.63. The van der Waals surface area contributed by atoms with Gasteiger partial charge in [0, 0.05) is 13.2 Å². The molecule has 0 aliphatic heterocycles. The maximum absolute atomic E-state index is 11.9. The van der Waals surface area contributed by atoms with Crippen LogP contribution < -0.4 is 15.4 Å².